The molecular weight excluding hydrogens is 689 g/mol. The minimum Gasteiger partial charge on any atom is -0.308 e. The monoisotopic (exact) mass is 761 g/mol. The fraction of sp³-hybridized carbons (Fsp3) is 0.417. The van der Waals surface area contributed by atoms with Gasteiger partial charge in [-0.25, -0.2) is 19.5 Å². The summed E-state index contributed by atoms with van der Waals surface area (Å²) < 4.78 is 7.75. The Morgan fingerprint density at radius 2 is 0.821 bits per heavy atom. The van der Waals surface area contributed by atoms with Gasteiger partial charge in [0.2, 0.25) is 0 Å². The van der Waals surface area contributed by atoms with Gasteiger partial charge in [-0.1, -0.05) is 129 Å². The van der Waals surface area contributed by atoms with E-state index in [2.05, 4.69) is 131 Å². The summed E-state index contributed by atoms with van der Waals surface area (Å²) in [7, 11) is 0. The molecule has 0 aliphatic rings. The van der Waals surface area contributed by atoms with Crippen LogP contribution in [0, 0.1) is 21.7 Å². The van der Waals surface area contributed by atoms with Gasteiger partial charge in [0, 0.05) is 55.1 Å². The van der Waals surface area contributed by atoms with Crippen LogP contribution >= 0.6 is 0 Å². The smallest absolute Gasteiger partial charge is 0.136 e. The molecule has 8 heterocycles. The Labute approximate surface area is 338 Å². The zero-order valence-electron chi connectivity index (χ0n) is 37.4. The van der Waals surface area contributed by atoms with Crippen LogP contribution in [-0.2, 0) is 0 Å². The summed E-state index contributed by atoms with van der Waals surface area (Å²) in [5, 5.41) is 4.04. The van der Waals surface area contributed by atoms with Crippen molar-refractivity contribution in [2.75, 3.05) is 0 Å². The normalized spacial score (nSPS) is 10.9. The van der Waals surface area contributed by atoms with E-state index in [0.29, 0.717) is 21.7 Å². The number of nitrogens with zero attached hydrogens (tertiary/aromatic N) is 8. The predicted molar refractivity (Wildman–Crippen MR) is 241 cm³/mol. The first-order chi connectivity index (χ1) is 25.9. The van der Waals surface area contributed by atoms with Gasteiger partial charge < -0.3 is 13.2 Å². The van der Waals surface area contributed by atoms with Crippen LogP contribution in [-0.4, -0.2) is 37.8 Å². The van der Waals surface area contributed by atoms with Crippen LogP contribution < -0.4 is 0 Å². The van der Waals surface area contributed by atoms with E-state index in [1.54, 1.807) is 31.2 Å². The van der Waals surface area contributed by atoms with Gasteiger partial charge in [-0.15, -0.1) is 0 Å². The van der Waals surface area contributed by atoms with E-state index < -0.39 is 0 Å². The van der Waals surface area contributed by atoms with Gasteiger partial charge in [0.25, 0.3) is 0 Å². The fourth-order valence-corrected chi connectivity index (χ4v) is 3.48. The molecule has 0 aliphatic heterocycles. The Morgan fingerprint density at radius 1 is 0.375 bits per heavy atom. The summed E-state index contributed by atoms with van der Waals surface area (Å²) in [5.74, 6) is 0. The summed E-state index contributed by atoms with van der Waals surface area (Å²) in [6.07, 6.45) is 20.5. The van der Waals surface area contributed by atoms with Crippen molar-refractivity contribution in [3.05, 3.63) is 147 Å². The number of aromatic nitrogens is 8. The van der Waals surface area contributed by atoms with Crippen LogP contribution in [0.5, 0.6) is 0 Å². The Kier molecular flexibility index (Phi) is 20.6. The highest BCUT2D eigenvalue weighted by atomic mass is 15.2. The van der Waals surface area contributed by atoms with Crippen LogP contribution in [0.3, 0.4) is 0 Å². The molecule has 8 aromatic rings. The second kappa shape index (κ2) is 23.6. The van der Waals surface area contributed by atoms with Crippen molar-refractivity contribution in [3.63, 3.8) is 0 Å². The molecule has 0 amide bonds. The zero-order chi connectivity index (χ0) is 42.4. The molecule has 0 bridgehead atoms. The lowest BCUT2D eigenvalue weighted by atomic mass is 10.0. The molecule has 0 aromatic carbocycles. The molecule has 8 nitrogen and oxygen atoms in total. The summed E-state index contributed by atoms with van der Waals surface area (Å²) >= 11 is 0. The van der Waals surface area contributed by atoms with E-state index in [4.69, 9.17) is 0 Å². The molecule has 0 atom stereocenters. The highest BCUT2D eigenvalue weighted by Crippen LogP contribution is 2.10. The van der Waals surface area contributed by atoms with Crippen molar-refractivity contribution in [1.29, 1.82) is 0 Å². The van der Waals surface area contributed by atoms with Gasteiger partial charge in [-0.3, -0.25) is 0 Å². The second-order valence-corrected chi connectivity index (χ2v) is 19.6. The summed E-state index contributed by atoms with van der Waals surface area (Å²) in [4.78, 5) is 12.0. The highest BCUT2D eigenvalue weighted by molar-refractivity contribution is 5.46. The van der Waals surface area contributed by atoms with Crippen molar-refractivity contribution in [1.82, 2.24) is 37.8 Å². The molecule has 56 heavy (non-hydrogen) atoms. The topological polar surface area (TPSA) is 69.2 Å². The number of fused-ring (bicyclic) bond motifs is 4. The van der Waals surface area contributed by atoms with Crippen LogP contribution in [0.15, 0.2) is 147 Å². The van der Waals surface area contributed by atoms with Crippen LogP contribution in [0.1, 0.15) is 111 Å². The Morgan fingerprint density at radius 3 is 1.36 bits per heavy atom. The maximum absolute atomic E-state index is 4.08. The van der Waals surface area contributed by atoms with E-state index in [9.17, 15) is 0 Å². The van der Waals surface area contributed by atoms with Crippen LogP contribution in [0.25, 0.3) is 22.2 Å². The molecule has 0 N–H and O–H groups in total. The third-order valence-electron chi connectivity index (χ3n) is 5.26. The van der Waals surface area contributed by atoms with Crippen molar-refractivity contribution >= 4 is 22.2 Å². The van der Waals surface area contributed by atoms with E-state index in [-0.39, 0.29) is 0 Å². The van der Waals surface area contributed by atoms with Gasteiger partial charge in [0.1, 0.15) is 5.65 Å². The van der Waals surface area contributed by atoms with E-state index in [0.717, 1.165) is 16.7 Å². The molecule has 304 valence electrons. The molecule has 0 saturated carbocycles. The average Bonchev–Trinajstić information content (AvgIpc) is 3.89. The van der Waals surface area contributed by atoms with E-state index >= 15 is 0 Å². The highest BCUT2D eigenvalue weighted by Gasteiger charge is 1.97. The molecular formula is C48H72N8. The van der Waals surface area contributed by atoms with Gasteiger partial charge in [0.15, 0.2) is 0 Å². The molecule has 8 rings (SSSR count). The lowest BCUT2D eigenvalue weighted by Crippen LogP contribution is -1.93. The van der Waals surface area contributed by atoms with Crippen LogP contribution in [0.4, 0.5) is 0 Å². The third-order valence-corrected chi connectivity index (χ3v) is 5.26. The van der Waals surface area contributed by atoms with Gasteiger partial charge in [-0.2, -0.15) is 5.10 Å². The lowest BCUT2D eigenvalue weighted by Gasteiger charge is -2.05. The fourth-order valence-electron chi connectivity index (χ4n) is 3.48. The third kappa shape index (κ3) is 28.2. The van der Waals surface area contributed by atoms with Gasteiger partial charge in [0.05, 0.1) is 29.9 Å². The maximum atomic E-state index is 4.08. The number of pyridine rings is 3. The molecule has 0 fully saturated rings. The SMILES string of the molecule is CC(C)(C)C.CC(C)(C)C.CC(C)(C)C.CC(C)(C)C.c1cc2ccncn2c1.c1ccn2ccnc2c1.c1ccn2cncc2c1.c1ccn2nccc2c1. The number of hydrogen-bond donors (Lipinski definition) is 0. The Bertz CT molecular complexity index is 1700. The molecule has 0 spiro atoms. The molecule has 0 unspecified atom stereocenters. The van der Waals surface area contributed by atoms with Gasteiger partial charge in [-0.05, 0) is 82.3 Å². The number of hydrogen-bond acceptors (Lipinski definition) is 4. The van der Waals surface area contributed by atoms with Crippen LogP contribution in [0.2, 0.25) is 0 Å². The molecule has 0 saturated heterocycles. The van der Waals surface area contributed by atoms with Crippen molar-refractivity contribution < 1.29 is 0 Å². The maximum Gasteiger partial charge on any atom is 0.136 e. The number of rotatable bonds is 0. The number of imidazole rings is 2. The van der Waals surface area contributed by atoms with Crippen molar-refractivity contribution in [3.8, 4) is 0 Å². The standard InChI is InChI=1S/4C7H6N2.4C5H12/c1-2-7-3-4-8-6-9(7)5-1;1-2-6-9-7(3-1)4-5-8-9;1-2-5-9-6-4-8-7(9)3-1;1-2-4-9-6-8-5-7(9)3-1;4*1-5(2,3)4/h4*1-6H;4*1-4H3. The molecule has 8 heteroatoms. The molecule has 8 aromatic heterocycles. The average molecular weight is 761 g/mol. The Balaban J connectivity index is 0.000000326. The summed E-state index contributed by atoms with van der Waals surface area (Å²) in [6, 6.07) is 25.9. The van der Waals surface area contributed by atoms with E-state index in [1.165, 1.54) is 5.52 Å². The molecule has 0 radical (unpaired) electrons. The zero-order valence-corrected chi connectivity index (χ0v) is 37.4. The molecule has 0 aliphatic carbocycles. The largest absolute Gasteiger partial charge is 0.308 e. The van der Waals surface area contributed by atoms with Crippen molar-refractivity contribution in [2.45, 2.75) is 111 Å². The van der Waals surface area contributed by atoms with Gasteiger partial charge >= 0.3 is 0 Å². The first kappa shape index (κ1) is 48.8. The van der Waals surface area contributed by atoms with E-state index in [1.807, 2.05) is 134 Å². The summed E-state index contributed by atoms with van der Waals surface area (Å²) in [5.41, 5.74) is 6.46. The first-order valence-electron chi connectivity index (χ1n) is 19.4. The summed E-state index contributed by atoms with van der Waals surface area (Å²) in [6.45, 7) is 35.0. The minimum atomic E-state index is 0.500. The second-order valence-electron chi connectivity index (χ2n) is 19.6. The minimum absolute atomic E-state index is 0.500. The van der Waals surface area contributed by atoms with Crippen molar-refractivity contribution in [2.24, 2.45) is 21.7 Å². The lowest BCUT2D eigenvalue weighted by molar-refractivity contribution is 0.469. The Hall–Kier alpha value is -5.24. The quantitative estimate of drug-likeness (QED) is 0.154. The predicted octanol–water partition coefficient (Wildman–Crippen LogP) is 13.5. The first-order valence-corrected chi connectivity index (χ1v) is 19.4.